The average molecular weight is 452 g/mol. The lowest BCUT2D eigenvalue weighted by Crippen LogP contribution is -2.39. The number of nitrogens with one attached hydrogen (secondary N) is 1. The fourth-order valence-corrected chi connectivity index (χ4v) is 4.13. The minimum Gasteiger partial charge on any atom is -0.368 e. The molecule has 0 aliphatic carbocycles. The Labute approximate surface area is 192 Å². The van der Waals surface area contributed by atoms with E-state index < -0.39 is 0 Å². The van der Waals surface area contributed by atoms with Gasteiger partial charge >= 0.3 is 0 Å². The van der Waals surface area contributed by atoms with Gasteiger partial charge < -0.3 is 16.0 Å². The number of amides is 1. The van der Waals surface area contributed by atoms with Crippen LogP contribution in [0.5, 0.6) is 0 Å². The molecule has 0 radical (unpaired) electrons. The van der Waals surface area contributed by atoms with Crippen LogP contribution in [-0.4, -0.2) is 43.8 Å². The molecule has 1 saturated heterocycles. The van der Waals surface area contributed by atoms with Crippen LogP contribution in [0.25, 0.3) is 11.1 Å². The Morgan fingerprint density at radius 3 is 2.72 bits per heavy atom. The fraction of sp³-hybridized carbons (Fsp3) is 0.348. The van der Waals surface area contributed by atoms with Crippen LogP contribution in [0.2, 0.25) is 5.02 Å². The number of benzene rings is 1. The molecule has 9 heteroatoms. The molecule has 166 valence electrons. The minimum atomic E-state index is -0.127. The summed E-state index contributed by atoms with van der Waals surface area (Å²) in [5.41, 5.74) is 8.57. The van der Waals surface area contributed by atoms with Gasteiger partial charge in [-0.1, -0.05) is 23.7 Å². The molecule has 32 heavy (non-hydrogen) atoms. The maximum atomic E-state index is 13.1. The lowest BCUT2D eigenvalue weighted by molar-refractivity contribution is -0.135. The molecule has 0 spiro atoms. The Kier molecular flexibility index (Phi) is 7.11. The third kappa shape index (κ3) is 5.31. The van der Waals surface area contributed by atoms with E-state index in [4.69, 9.17) is 17.3 Å². The smallest absolute Gasteiger partial charge is 0.223 e. The van der Waals surface area contributed by atoms with Crippen molar-refractivity contribution >= 4 is 29.4 Å². The van der Waals surface area contributed by atoms with E-state index in [2.05, 4.69) is 25.3 Å². The first-order valence-electron chi connectivity index (χ1n) is 10.8. The van der Waals surface area contributed by atoms with Crippen LogP contribution < -0.4 is 11.1 Å². The molecule has 1 atom stereocenters. The van der Waals surface area contributed by atoms with Gasteiger partial charge in [-0.15, -0.1) is 0 Å². The van der Waals surface area contributed by atoms with Crippen LogP contribution in [0.4, 0.5) is 11.9 Å². The van der Waals surface area contributed by atoms with Gasteiger partial charge in [-0.2, -0.15) is 0 Å². The molecule has 1 fully saturated rings. The van der Waals surface area contributed by atoms with E-state index in [-0.39, 0.29) is 17.9 Å². The number of halogens is 1. The minimum absolute atomic E-state index is 0.115. The number of carbonyl (C=O) groups is 1. The van der Waals surface area contributed by atoms with Gasteiger partial charge in [0.2, 0.25) is 17.8 Å². The molecule has 4 rings (SSSR count). The molecular formula is C23H26ClN7O. The molecule has 3 heterocycles. The molecule has 0 bridgehead atoms. The first-order chi connectivity index (χ1) is 15.6. The zero-order valence-corrected chi connectivity index (χ0v) is 18.5. The van der Waals surface area contributed by atoms with Crippen molar-refractivity contribution in [1.29, 1.82) is 0 Å². The summed E-state index contributed by atoms with van der Waals surface area (Å²) in [6.07, 6.45) is 9.10. The predicted octanol–water partition coefficient (Wildman–Crippen LogP) is 4.12. The molecule has 1 aliphatic heterocycles. The quantitative estimate of drug-likeness (QED) is 0.520. The summed E-state index contributed by atoms with van der Waals surface area (Å²) in [5.74, 6) is 0.896. The Balaban J connectivity index is 1.49. The summed E-state index contributed by atoms with van der Waals surface area (Å²) in [5, 5.41) is 3.81. The number of carbonyl (C=O) groups excluding carboxylic acids is 1. The number of aromatic nitrogens is 4. The van der Waals surface area contributed by atoms with Crippen LogP contribution in [-0.2, 0) is 4.79 Å². The number of hydrogen-bond acceptors (Lipinski definition) is 7. The van der Waals surface area contributed by atoms with Gasteiger partial charge in [0.25, 0.3) is 0 Å². The summed E-state index contributed by atoms with van der Waals surface area (Å²) in [6.45, 7) is 1.34. The number of rotatable bonds is 7. The maximum Gasteiger partial charge on any atom is 0.223 e. The molecule has 3 aromatic rings. The highest BCUT2D eigenvalue weighted by Crippen LogP contribution is 2.36. The standard InChI is InChI=1S/C23H26ClN7O/c24-17-9-7-16(8-10-17)18-15-29-22(25)30-21(18)19-5-1-2-14-31(19)20(32)6-3-11-26-23-27-12-4-13-28-23/h4,7-10,12-13,15,19H,1-3,5-6,11,14H2,(H2,25,29,30)(H,26,27,28). The molecule has 0 saturated carbocycles. The number of nitrogens with zero attached hydrogens (tertiary/aromatic N) is 5. The van der Waals surface area contributed by atoms with Crippen molar-refractivity contribution in [2.75, 3.05) is 24.1 Å². The van der Waals surface area contributed by atoms with Gasteiger partial charge in [0.05, 0.1) is 11.7 Å². The summed E-state index contributed by atoms with van der Waals surface area (Å²) in [7, 11) is 0. The fourth-order valence-electron chi connectivity index (χ4n) is 4.00. The highest BCUT2D eigenvalue weighted by atomic mass is 35.5. The van der Waals surface area contributed by atoms with Crippen LogP contribution in [0.1, 0.15) is 43.8 Å². The molecule has 1 aromatic carbocycles. The highest BCUT2D eigenvalue weighted by Gasteiger charge is 2.31. The average Bonchev–Trinajstić information content (AvgIpc) is 2.83. The third-order valence-corrected chi connectivity index (χ3v) is 5.80. The summed E-state index contributed by atoms with van der Waals surface area (Å²) in [4.78, 5) is 32.1. The Morgan fingerprint density at radius 2 is 1.94 bits per heavy atom. The van der Waals surface area contributed by atoms with E-state index >= 15 is 0 Å². The van der Waals surface area contributed by atoms with Crippen molar-refractivity contribution in [3.63, 3.8) is 0 Å². The molecule has 3 N–H and O–H groups in total. The van der Waals surface area contributed by atoms with Crippen molar-refractivity contribution in [3.8, 4) is 11.1 Å². The maximum absolute atomic E-state index is 13.1. The van der Waals surface area contributed by atoms with E-state index in [1.165, 1.54) is 0 Å². The number of nitrogen functional groups attached to an aromatic ring is 1. The van der Waals surface area contributed by atoms with E-state index in [0.29, 0.717) is 36.9 Å². The molecule has 8 nitrogen and oxygen atoms in total. The van der Waals surface area contributed by atoms with Crippen molar-refractivity contribution in [2.24, 2.45) is 0 Å². The second-order valence-corrected chi connectivity index (χ2v) is 8.17. The van der Waals surface area contributed by atoms with Crippen molar-refractivity contribution in [2.45, 2.75) is 38.1 Å². The van der Waals surface area contributed by atoms with E-state index in [1.807, 2.05) is 29.2 Å². The van der Waals surface area contributed by atoms with Crippen LogP contribution in [0.3, 0.4) is 0 Å². The van der Waals surface area contributed by atoms with E-state index in [1.54, 1.807) is 24.7 Å². The monoisotopic (exact) mass is 451 g/mol. The van der Waals surface area contributed by atoms with E-state index in [9.17, 15) is 4.79 Å². The zero-order valence-electron chi connectivity index (χ0n) is 17.7. The normalized spacial score (nSPS) is 16.0. The molecule has 2 aromatic heterocycles. The topological polar surface area (TPSA) is 110 Å². The first-order valence-corrected chi connectivity index (χ1v) is 11.2. The lowest BCUT2D eigenvalue weighted by Gasteiger charge is -2.36. The van der Waals surface area contributed by atoms with Gasteiger partial charge in [-0.05, 0) is 49.4 Å². The Hall–Kier alpha value is -3.26. The van der Waals surface area contributed by atoms with E-state index in [0.717, 1.165) is 36.1 Å². The molecule has 1 unspecified atom stereocenters. The van der Waals surface area contributed by atoms with Crippen molar-refractivity contribution in [1.82, 2.24) is 24.8 Å². The third-order valence-electron chi connectivity index (χ3n) is 5.55. The van der Waals surface area contributed by atoms with Crippen LogP contribution in [0.15, 0.2) is 48.9 Å². The predicted molar refractivity (Wildman–Crippen MR) is 125 cm³/mol. The number of piperidine rings is 1. The van der Waals surface area contributed by atoms with Crippen molar-refractivity contribution < 1.29 is 4.79 Å². The van der Waals surface area contributed by atoms with Crippen LogP contribution in [0, 0.1) is 0 Å². The molecular weight excluding hydrogens is 426 g/mol. The summed E-state index contributed by atoms with van der Waals surface area (Å²) in [6, 6.07) is 9.19. The molecule has 1 aliphatic rings. The summed E-state index contributed by atoms with van der Waals surface area (Å²) >= 11 is 6.06. The van der Waals surface area contributed by atoms with Gasteiger partial charge in [-0.3, -0.25) is 4.79 Å². The lowest BCUT2D eigenvalue weighted by atomic mass is 9.93. The van der Waals surface area contributed by atoms with Gasteiger partial charge in [-0.25, -0.2) is 19.9 Å². The number of likely N-dealkylation sites (tertiary alicyclic amines) is 1. The number of nitrogens with two attached hydrogens (primary N) is 1. The molecule has 1 amide bonds. The Bertz CT molecular complexity index is 1050. The second-order valence-electron chi connectivity index (χ2n) is 7.74. The first kappa shape index (κ1) is 22.0. The van der Waals surface area contributed by atoms with Crippen LogP contribution >= 0.6 is 11.6 Å². The van der Waals surface area contributed by atoms with Gasteiger partial charge in [0.1, 0.15) is 0 Å². The van der Waals surface area contributed by atoms with Crippen molar-refractivity contribution in [3.05, 3.63) is 59.6 Å². The second kappa shape index (κ2) is 10.4. The largest absolute Gasteiger partial charge is 0.368 e. The van der Waals surface area contributed by atoms with Gasteiger partial charge in [0.15, 0.2) is 0 Å². The summed E-state index contributed by atoms with van der Waals surface area (Å²) < 4.78 is 0. The SMILES string of the molecule is Nc1ncc(-c2ccc(Cl)cc2)c(C2CCCCN2C(=O)CCCNc2ncccn2)n1. The number of hydrogen-bond donors (Lipinski definition) is 2. The number of anilines is 2. The zero-order chi connectivity index (χ0) is 22.3. The Morgan fingerprint density at radius 1 is 1.16 bits per heavy atom. The van der Waals surface area contributed by atoms with Gasteiger partial charge in [0, 0.05) is 48.7 Å². The highest BCUT2D eigenvalue weighted by molar-refractivity contribution is 6.30.